The molecule has 2 aliphatic rings. The van der Waals surface area contributed by atoms with Crippen LogP contribution in [0.2, 0.25) is 0 Å². The van der Waals surface area contributed by atoms with Crippen LogP contribution in [-0.4, -0.2) is 28.1 Å². The molecule has 4 rings (SSSR count). The first kappa shape index (κ1) is 19.6. The summed E-state index contributed by atoms with van der Waals surface area (Å²) in [5.41, 5.74) is 5.27. The van der Waals surface area contributed by atoms with Crippen LogP contribution in [0.4, 0.5) is 0 Å². The van der Waals surface area contributed by atoms with Crippen LogP contribution in [0.1, 0.15) is 35.2 Å². The number of methoxy groups -OCH3 is 2. The minimum atomic E-state index is 0. The molecule has 2 aliphatic heterocycles. The second-order valence-corrected chi connectivity index (χ2v) is 6.98. The highest BCUT2D eigenvalue weighted by molar-refractivity contribution is 5.53. The van der Waals surface area contributed by atoms with Gasteiger partial charge in [0, 0.05) is 12.0 Å². The third kappa shape index (κ3) is 3.30. The molecule has 1 N–H and O–H groups in total. The van der Waals surface area contributed by atoms with Gasteiger partial charge in [-0.15, -0.1) is 0 Å². The van der Waals surface area contributed by atoms with Crippen molar-refractivity contribution in [3.8, 4) is 23.0 Å². The van der Waals surface area contributed by atoms with E-state index in [1.807, 2.05) is 6.07 Å². The van der Waals surface area contributed by atoms with E-state index in [0.29, 0.717) is 12.8 Å². The van der Waals surface area contributed by atoms with Crippen molar-refractivity contribution in [2.75, 3.05) is 28.1 Å². The van der Waals surface area contributed by atoms with E-state index >= 15 is 0 Å². The van der Waals surface area contributed by atoms with E-state index in [1.165, 1.54) is 27.2 Å². The minimum absolute atomic E-state index is 0. The molecule has 2 atom stereocenters. The van der Waals surface area contributed by atoms with Crippen molar-refractivity contribution in [1.29, 1.82) is 0 Å². The van der Waals surface area contributed by atoms with Crippen molar-refractivity contribution in [2.24, 2.45) is 0 Å². The van der Waals surface area contributed by atoms with Gasteiger partial charge in [0.25, 0.3) is 0 Å². The molecule has 0 amide bonds. The molecule has 146 valence electrons. The Hall–Kier alpha value is -2.11. The molecule has 6 heteroatoms. The van der Waals surface area contributed by atoms with Crippen LogP contribution in [0.15, 0.2) is 24.3 Å². The standard InChI is InChI=1S/C21H25NO4.ClH/c1-5-13-9-19-20(26-12-25-19)10-15(13)17-8-14-6-7-18(23-3)21(24-4)16(14)11-22(17)2;/h6-7,9-10,17H,5,8,11-12H2,1-4H3;1H. The molecule has 0 saturated carbocycles. The van der Waals surface area contributed by atoms with Crippen LogP contribution in [0.3, 0.4) is 0 Å². The third-order valence-electron chi connectivity index (χ3n) is 5.61. The zero-order valence-electron chi connectivity index (χ0n) is 16.2. The number of aryl methyl sites for hydroxylation is 1. The van der Waals surface area contributed by atoms with Crippen molar-refractivity contribution in [1.82, 2.24) is 0 Å². The second-order valence-electron chi connectivity index (χ2n) is 6.98. The van der Waals surface area contributed by atoms with Crippen LogP contribution < -0.4 is 36.3 Å². The van der Waals surface area contributed by atoms with Gasteiger partial charge in [-0.1, -0.05) is 13.0 Å². The van der Waals surface area contributed by atoms with Crippen LogP contribution >= 0.6 is 0 Å². The van der Waals surface area contributed by atoms with Gasteiger partial charge in [-0.3, -0.25) is 0 Å². The summed E-state index contributed by atoms with van der Waals surface area (Å²) in [5.74, 6) is 3.40. The summed E-state index contributed by atoms with van der Waals surface area (Å²) in [6.07, 6.45) is 1.95. The molecule has 27 heavy (non-hydrogen) atoms. The number of benzene rings is 2. The van der Waals surface area contributed by atoms with Gasteiger partial charge in [-0.25, -0.2) is 0 Å². The largest absolute Gasteiger partial charge is 1.00 e. The van der Waals surface area contributed by atoms with Crippen molar-refractivity contribution >= 4 is 0 Å². The molecule has 0 saturated heterocycles. The van der Waals surface area contributed by atoms with E-state index < -0.39 is 0 Å². The Morgan fingerprint density at radius 1 is 1.11 bits per heavy atom. The predicted octanol–water partition coefficient (Wildman–Crippen LogP) is -0.689. The number of quaternary nitrogens is 1. The lowest BCUT2D eigenvalue weighted by molar-refractivity contribution is -0.928. The van der Waals surface area contributed by atoms with Crippen molar-refractivity contribution in [3.63, 3.8) is 0 Å². The summed E-state index contributed by atoms with van der Waals surface area (Å²) in [7, 11) is 5.65. The zero-order valence-corrected chi connectivity index (χ0v) is 17.0. The quantitative estimate of drug-likeness (QED) is 0.749. The lowest BCUT2D eigenvalue weighted by Gasteiger charge is -2.33. The summed E-state index contributed by atoms with van der Waals surface area (Å²) < 4.78 is 22.3. The topological polar surface area (TPSA) is 41.4 Å². The number of likely N-dealkylation sites (N-methyl/N-ethyl adjacent to an activating group) is 1. The van der Waals surface area contributed by atoms with Gasteiger partial charge in [-0.2, -0.15) is 0 Å². The Kier molecular flexibility index (Phi) is 5.72. The minimum Gasteiger partial charge on any atom is -1.00 e. The van der Waals surface area contributed by atoms with E-state index in [2.05, 4.69) is 32.2 Å². The van der Waals surface area contributed by atoms with Crippen LogP contribution in [0.5, 0.6) is 23.0 Å². The highest BCUT2D eigenvalue weighted by atomic mass is 35.5. The maximum absolute atomic E-state index is 5.65. The molecule has 0 radical (unpaired) electrons. The van der Waals surface area contributed by atoms with Crippen molar-refractivity contribution < 1.29 is 36.3 Å². The Balaban J connectivity index is 0.00000210. The average Bonchev–Trinajstić information content (AvgIpc) is 3.12. The summed E-state index contributed by atoms with van der Waals surface area (Å²) in [5, 5.41) is 0. The smallest absolute Gasteiger partial charge is 0.231 e. The van der Waals surface area contributed by atoms with E-state index in [-0.39, 0.29) is 12.4 Å². The molecule has 0 aliphatic carbocycles. The molecule has 5 nitrogen and oxygen atoms in total. The fraction of sp³-hybridized carbons (Fsp3) is 0.429. The number of ether oxygens (including phenoxy) is 4. The first-order valence-corrected chi connectivity index (χ1v) is 9.13. The van der Waals surface area contributed by atoms with Crippen molar-refractivity contribution in [2.45, 2.75) is 32.4 Å². The Bertz CT molecular complexity index is 839. The molecule has 0 fully saturated rings. The van der Waals surface area contributed by atoms with Crippen LogP contribution in [0.25, 0.3) is 0 Å². The summed E-state index contributed by atoms with van der Waals surface area (Å²) >= 11 is 0. The predicted molar refractivity (Wildman–Crippen MR) is 98.5 cm³/mol. The number of fused-ring (bicyclic) bond motifs is 2. The fourth-order valence-corrected chi connectivity index (χ4v) is 4.22. The normalized spacial score (nSPS) is 19.9. The molecule has 2 aromatic carbocycles. The maximum Gasteiger partial charge on any atom is 0.231 e. The molecule has 2 unspecified atom stereocenters. The number of halogens is 1. The highest BCUT2D eigenvalue weighted by Gasteiger charge is 2.34. The average molecular weight is 392 g/mol. The molecular weight excluding hydrogens is 366 g/mol. The lowest BCUT2D eigenvalue weighted by Crippen LogP contribution is -3.09. The Morgan fingerprint density at radius 2 is 1.85 bits per heavy atom. The summed E-state index contributed by atoms with van der Waals surface area (Å²) in [6, 6.07) is 8.89. The number of hydrogen-bond donors (Lipinski definition) is 1. The third-order valence-corrected chi connectivity index (χ3v) is 5.61. The van der Waals surface area contributed by atoms with Gasteiger partial charge in [0.05, 0.1) is 26.8 Å². The molecule has 0 aromatic heterocycles. The van der Waals surface area contributed by atoms with E-state index in [1.54, 1.807) is 14.2 Å². The first-order valence-electron chi connectivity index (χ1n) is 9.13. The molecular formula is C21H26ClNO4. The zero-order chi connectivity index (χ0) is 18.3. The number of hydrogen-bond acceptors (Lipinski definition) is 4. The Morgan fingerprint density at radius 3 is 2.52 bits per heavy atom. The highest BCUT2D eigenvalue weighted by Crippen LogP contribution is 2.40. The van der Waals surface area contributed by atoms with E-state index in [9.17, 15) is 0 Å². The summed E-state index contributed by atoms with van der Waals surface area (Å²) in [6.45, 7) is 3.41. The SMILES string of the molecule is CCc1cc2c(cc1C1Cc3ccc(OC)c(OC)c3C[NH+]1C)OCO2.[Cl-]. The maximum atomic E-state index is 5.65. The molecule has 2 heterocycles. The number of nitrogens with one attached hydrogen (secondary N) is 1. The van der Waals surface area contributed by atoms with Crippen molar-refractivity contribution in [3.05, 3.63) is 46.5 Å². The van der Waals surface area contributed by atoms with Gasteiger partial charge in [0.15, 0.2) is 23.0 Å². The fourth-order valence-electron chi connectivity index (χ4n) is 4.22. The molecule has 2 aromatic rings. The van der Waals surface area contributed by atoms with Gasteiger partial charge in [0.1, 0.15) is 12.6 Å². The Labute approximate surface area is 166 Å². The molecule has 0 bridgehead atoms. The second kappa shape index (κ2) is 7.87. The lowest BCUT2D eigenvalue weighted by atomic mass is 9.87. The van der Waals surface area contributed by atoms with E-state index in [4.69, 9.17) is 18.9 Å². The molecule has 0 spiro atoms. The first-order chi connectivity index (χ1) is 12.7. The van der Waals surface area contributed by atoms with Crippen LogP contribution in [0, 0.1) is 0 Å². The van der Waals surface area contributed by atoms with E-state index in [0.717, 1.165) is 42.4 Å². The number of rotatable bonds is 4. The van der Waals surface area contributed by atoms with Crippen LogP contribution in [-0.2, 0) is 19.4 Å². The monoisotopic (exact) mass is 391 g/mol. The summed E-state index contributed by atoms with van der Waals surface area (Å²) in [4.78, 5) is 1.44. The van der Waals surface area contributed by atoms with Gasteiger partial charge in [-0.05, 0) is 35.7 Å². The van der Waals surface area contributed by atoms with Gasteiger partial charge >= 0.3 is 0 Å². The van der Waals surface area contributed by atoms with Gasteiger partial charge in [0.2, 0.25) is 6.79 Å². The van der Waals surface area contributed by atoms with Gasteiger partial charge < -0.3 is 36.3 Å².